The number of methoxy groups -OCH3 is 2. The lowest BCUT2D eigenvalue weighted by Crippen LogP contribution is -2.42. The minimum Gasteiger partial charge on any atom is -0.496 e. The largest absolute Gasteiger partial charge is 0.496 e. The SMILES string of the molecule is COCc1c(OC)ccc(C2(CN)CCC2)c1F. The lowest BCUT2D eigenvalue weighted by molar-refractivity contribution is 0.175. The fourth-order valence-corrected chi connectivity index (χ4v) is 2.67. The van der Waals surface area contributed by atoms with Crippen molar-refractivity contribution in [1.82, 2.24) is 0 Å². The van der Waals surface area contributed by atoms with Crippen LogP contribution in [0.1, 0.15) is 30.4 Å². The van der Waals surface area contributed by atoms with E-state index in [9.17, 15) is 4.39 Å². The van der Waals surface area contributed by atoms with Gasteiger partial charge >= 0.3 is 0 Å². The Balaban J connectivity index is 2.46. The molecule has 0 bridgehead atoms. The monoisotopic (exact) mass is 253 g/mol. The average molecular weight is 253 g/mol. The third-order valence-electron chi connectivity index (χ3n) is 3.98. The molecule has 1 saturated carbocycles. The van der Waals surface area contributed by atoms with E-state index in [1.54, 1.807) is 13.2 Å². The summed E-state index contributed by atoms with van der Waals surface area (Å²) in [5, 5.41) is 0. The van der Waals surface area contributed by atoms with Crippen LogP contribution in [0.25, 0.3) is 0 Å². The van der Waals surface area contributed by atoms with Crippen LogP contribution in [0.3, 0.4) is 0 Å². The Labute approximate surface area is 107 Å². The van der Waals surface area contributed by atoms with Gasteiger partial charge in [-0.15, -0.1) is 0 Å². The van der Waals surface area contributed by atoms with Crippen LogP contribution in [0, 0.1) is 5.82 Å². The molecule has 1 aliphatic carbocycles. The van der Waals surface area contributed by atoms with E-state index >= 15 is 0 Å². The van der Waals surface area contributed by atoms with Gasteiger partial charge in [-0.2, -0.15) is 0 Å². The van der Waals surface area contributed by atoms with Gasteiger partial charge in [0, 0.05) is 19.1 Å². The van der Waals surface area contributed by atoms with E-state index in [-0.39, 0.29) is 17.8 Å². The Kier molecular flexibility index (Phi) is 3.88. The molecule has 1 aliphatic rings. The van der Waals surface area contributed by atoms with Crippen molar-refractivity contribution in [3.63, 3.8) is 0 Å². The maximum absolute atomic E-state index is 14.6. The third-order valence-corrected chi connectivity index (χ3v) is 3.98. The topological polar surface area (TPSA) is 44.5 Å². The zero-order valence-corrected chi connectivity index (χ0v) is 11.0. The second-order valence-electron chi connectivity index (χ2n) is 4.88. The first-order valence-electron chi connectivity index (χ1n) is 6.23. The van der Waals surface area contributed by atoms with Crippen molar-refractivity contribution in [2.45, 2.75) is 31.3 Å². The van der Waals surface area contributed by atoms with Gasteiger partial charge in [-0.05, 0) is 24.5 Å². The Morgan fingerprint density at radius 2 is 2.06 bits per heavy atom. The second-order valence-corrected chi connectivity index (χ2v) is 4.88. The van der Waals surface area contributed by atoms with Gasteiger partial charge in [-0.1, -0.05) is 12.5 Å². The summed E-state index contributed by atoms with van der Waals surface area (Å²) in [5.41, 5.74) is 6.85. The van der Waals surface area contributed by atoms with Crippen molar-refractivity contribution < 1.29 is 13.9 Å². The molecular formula is C14H20FNO2. The van der Waals surface area contributed by atoms with Gasteiger partial charge in [0.25, 0.3) is 0 Å². The van der Waals surface area contributed by atoms with Gasteiger partial charge in [-0.25, -0.2) is 4.39 Å². The molecule has 100 valence electrons. The third kappa shape index (κ3) is 1.99. The zero-order chi connectivity index (χ0) is 13.2. The summed E-state index contributed by atoms with van der Waals surface area (Å²) in [5.74, 6) is 0.311. The second kappa shape index (κ2) is 5.24. The van der Waals surface area contributed by atoms with Gasteiger partial charge < -0.3 is 15.2 Å². The van der Waals surface area contributed by atoms with E-state index in [0.29, 0.717) is 23.4 Å². The average Bonchev–Trinajstić information content (AvgIpc) is 2.33. The van der Waals surface area contributed by atoms with E-state index in [0.717, 1.165) is 19.3 Å². The molecule has 1 aromatic rings. The molecule has 0 aliphatic heterocycles. The molecule has 1 fully saturated rings. The van der Waals surface area contributed by atoms with Gasteiger partial charge in [0.15, 0.2) is 0 Å². The molecule has 18 heavy (non-hydrogen) atoms. The lowest BCUT2D eigenvalue weighted by Gasteiger charge is -2.42. The maximum atomic E-state index is 14.6. The van der Waals surface area contributed by atoms with E-state index in [1.807, 2.05) is 6.07 Å². The summed E-state index contributed by atoms with van der Waals surface area (Å²) in [6.45, 7) is 0.701. The highest BCUT2D eigenvalue weighted by Gasteiger charge is 2.40. The minimum atomic E-state index is -0.221. The lowest BCUT2D eigenvalue weighted by atomic mass is 9.64. The summed E-state index contributed by atoms with van der Waals surface area (Å²) >= 11 is 0. The fourth-order valence-electron chi connectivity index (χ4n) is 2.67. The van der Waals surface area contributed by atoms with Crippen LogP contribution in [0.5, 0.6) is 5.75 Å². The highest BCUT2D eigenvalue weighted by atomic mass is 19.1. The van der Waals surface area contributed by atoms with E-state index in [1.165, 1.54) is 7.11 Å². The van der Waals surface area contributed by atoms with Crippen molar-refractivity contribution in [1.29, 1.82) is 0 Å². The molecule has 1 aromatic carbocycles. The van der Waals surface area contributed by atoms with Crippen molar-refractivity contribution in [2.75, 3.05) is 20.8 Å². The summed E-state index contributed by atoms with van der Waals surface area (Å²) in [6.07, 6.45) is 3.03. The summed E-state index contributed by atoms with van der Waals surface area (Å²) < 4.78 is 24.8. The molecule has 0 saturated heterocycles. The van der Waals surface area contributed by atoms with Gasteiger partial charge in [0.1, 0.15) is 11.6 Å². The first-order chi connectivity index (χ1) is 8.68. The number of hydrogen-bond donors (Lipinski definition) is 1. The van der Waals surface area contributed by atoms with Crippen LogP contribution in [-0.4, -0.2) is 20.8 Å². The van der Waals surface area contributed by atoms with Crippen LogP contribution >= 0.6 is 0 Å². The predicted molar refractivity (Wildman–Crippen MR) is 68.2 cm³/mol. The number of nitrogens with two attached hydrogens (primary N) is 1. The van der Waals surface area contributed by atoms with Crippen molar-refractivity contribution in [3.8, 4) is 5.75 Å². The molecule has 4 heteroatoms. The van der Waals surface area contributed by atoms with E-state index in [2.05, 4.69) is 0 Å². The summed E-state index contributed by atoms with van der Waals surface area (Å²) in [4.78, 5) is 0. The molecule has 2 rings (SSSR count). The first kappa shape index (κ1) is 13.3. The normalized spacial score (nSPS) is 17.3. The molecule has 0 aromatic heterocycles. The molecule has 0 amide bonds. The number of ether oxygens (including phenoxy) is 2. The Morgan fingerprint density at radius 1 is 1.33 bits per heavy atom. The fraction of sp³-hybridized carbons (Fsp3) is 0.571. The number of halogens is 1. The quantitative estimate of drug-likeness (QED) is 0.876. The smallest absolute Gasteiger partial charge is 0.136 e. The van der Waals surface area contributed by atoms with Gasteiger partial charge in [0.2, 0.25) is 0 Å². The number of rotatable bonds is 5. The zero-order valence-electron chi connectivity index (χ0n) is 11.0. The predicted octanol–water partition coefficient (Wildman–Crippen LogP) is 2.36. The number of hydrogen-bond acceptors (Lipinski definition) is 3. The first-order valence-corrected chi connectivity index (χ1v) is 6.23. The summed E-state index contributed by atoms with van der Waals surface area (Å²) in [7, 11) is 3.09. The van der Waals surface area contributed by atoms with Gasteiger partial charge in [0.05, 0.1) is 19.3 Å². The standard InChI is InChI=1S/C14H20FNO2/c1-17-8-10-12(18-2)5-4-11(13(10)15)14(9-16)6-3-7-14/h4-5H,3,6-9,16H2,1-2H3. The maximum Gasteiger partial charge on any atom is 0.136 e. The van der Waals surface area contributed by atoms with Crippen molar-refractivity contribution in [3.05, 3.63) is 29.1 Å². The van der Waals surface area contributed by atoms with Crippen LogP contribution < -0.4 is 10.5 Å². The number of benzene rings is 1. The molecule has 0 radical (unpaired) electrons. The van der Waals surface area contributed by atoms with E-state index in [4.69, 9.17) is 15.2 Å². The molecule has 0 heterocycles. The Bertz CT molecular complexity index is 425. The molecule has 0 unspecified atom stereocenters. The highest BCUT2D eigenvalue weighted by Crippen LogP contribution is 2.45. The molecule has 2 N–H and O–H groups in total. The van der Waals surface area contributed by atoms with Gasteiger partial charge in [-0.3, -0.25) is 0 Å². The highest BCUT2D eigenvalue weighted by molar-refractivity contribution is 5.42. The van der Waals surface area contributed by atoms with Crippen LogP contribution in [0.4, 0.5) is 4.39 Å². The van der Waals surface area contributed by atoms with Crippen LogP contribution in [0.2, 0.25) is 0 Å². The summed E-state index contributed by atoms with van der Waals surface area (Å²) in [6, 6.07) is 3.61. The Hall–Kier alpha value is -1.13. The Morgan fingerprint density at radius 3 is 2.50 bits per heavy atom. The van der Waals surface area contributed by atoms with E-state index < -0.39 is 0 Å². The van der Waals surface area contributed by atoms with Crippen LogP contribution in [-0.2, 0) is 16.8 Å². The van der Waals surface area contributed by atoms with Crippen molar-refractivity contribution in [2.24, 2.45) is 5.73 Å². The van der Waals surface area contributed by atoms with Crippen LogP contribution in [0.15, 0.2) is 12.1 Å². The minimum absolute atomic E-state index is 0.182. The van der Waals surface area contributed by atoms with Crippen molar-refractivity contribution >= 4 is 0 Å². The molecular weight excluding hydrogens is 233 g/mol. The molecule has 0 spiro atoms. The molecule has 0 atom stereocenters. The molecule has 3 nitrogen and oxygen atoms in total.